The van der Waals surface area contributed by atoms with E-state index in [-0.39, 0.29) is 17.1 Å². The van der Waals surface area contributed by atoms with Crippen molar-refractivity contribution in [1.29, 1.82) is 0 Å². The normalized spacial score (nSPS) is 17.7. The maximum atomic E-state index is 12.7. The van der Waals surface area contributed by atoms with Crippen molar-refractivity contribution in [3.63, 3.8) is 0 Å². The summed E-state index contributed by atoms with van der Waals surface area (Å²) in [5, 5.41) is 2.84. The van der Waals surface area contributed by atoms with Crippen LogP contribution in [0, 0.1) is 20.8 Å². The highest BCUT2D eigenvalue weighted by Crippen LogP contribution is 2.33. The Hall–Kier alpha value is -1.49. The third kappa shape index (κ3) is 4.50. The number of thioether (sulfide) groups is 1. The van der Waals surface area contributed by atoms with Gasteiger partial charge in [-0.05, 0) is 50.5 Å². The van der Waals surface area contributed by atoms with Crippen molar-refractivity contribution < 1.29 is 9.59 Å². The van der Waals surface area contributed by atoms with Crippen molar-refractivity contribution >= 4 is 29.3 Å². The van der Waals surface area contributed by atoms with Crippen molar-refractivity contribution in [2.75, 3.05) is 23.7 Å². The van der Waals surface area contributed by atoms with Crippen LogP contribution in [-0.4, -0.2) is 35.9 Å². The molecule has 5 heteroatoms. The Morgan fingerprint density at radius 3 is 2.57 bits per heavy atom. The summed E-state index contributed by atoms with van der Waals surface area (Å²) in [6.07, 6.45) is 1.80. The first-order valence-corrected chi connectivity index (χ1v) is 9.20. The van der Waals surface area contributed by atoms with Gasteiger partial charge < -0.3 is 10.2 Å². The first kappa shape index (κ1) is 17.9. The highest BCUT2D eigenvalue weighted by Gasteiger charge is 2.33. The number of nitrogens with zero attached hydrogens (tertiary/aromatic N) is 1. The van der Waals surface area contributed by atoms with E-state index in [4.69, 9.17) is 0 Å². The van der Waals surface area contributed by atoms with Crippen LogP contribution < -0.4 is 10.2 Å². The SMILES string of the molecule is CC(=O)NCCCS[C@H]1CCN(c2c(C)cc(C)cc2C)C1=O. The molecular formula is C18H26N2O2S. The van der Waals surface area contributed by atoms with Crippen LogP contribution in [0.3, 0.4) is 0 Å². The van der Waals surface area contributed by atoms with E-state index in [9.17, 15) is 9.59 Å². The number of amides is 2. The van der Waals surface area contributed by atoms with Crippen molar-refractivity contribution in [1.82, 2.24) is 5.32 Å². The molecule has 0 saturated carbocycles. The Labute approximate surface area is 143 Å². The summed E-state index contributed by atoms with van der Waals surface area (Å²) in [7, 11) is 0. The molecule has 1 aliphatic heterocycles. The van der Waals surface area contributed by atoms with Gasteiger partial charge in [-0.3, -0.25) is 9.59 Å². The number of nitrogens with one attached hydrogen (secondary N) is 1. The molecule has 1 aromatic carbocycles. The van der Waals surface area contributed by atoms with Gasteiger partial charge in [0.05, 0.1) is 5.25 Å². The molecule has 1 saturated heterocycles. The molecule has 0 bridgehead atoms. The van der Waals surface area contributed by atoms with Crippen LogP contribution in [-0.2, 0) is 9.59 Å². The Bertz CT molecular complexity index is 578. The van der Waals surface area contributed by atoms with Gasteiger partial charge >= 0.3 is 0 Å². The molecule has 4 nitrogen and oxygen atoms in total. The average molecular weight is 334 g/mol. The molecule has 1 heterocycles. The summed E-state index contributed by atoms with van der Waals surface area (Å²) in [6, 6.07) is 4.28. The fourth-order valence-corrected chi connectivity index (χ4v) is 4.33. The largest absolute Gasteiger partial charge is 0.356 e. The lowest BCUT2D eigenvalue weighted by molar-refractivity contribution is -0.119. The number of hydrogen-bond donors (Lipinski definition) is 1. The number of anilines is 1. The predicted octanol–water partition coefficient (Wildman–Crippen LogP) is 2.98. The molecule has 0 radical (unpaired) electrons. The van der Waals surface area contributed by atoms with Crippen LogP contribution in [0.5, 0.6) is 0 Å². The molecule has 0 unspecified atom stereocenters. The van der Waals surface area contributed by atoms with Crippen LogP contribution >= 0.6 is 11.8 Å². The summed E-state index contributed by atoms with van der Waals surface area (Å²) in [5.74, 6) is 1.13. The fourth-order valence-electron chi connectivity index (χ4n) is 3.19. The molecular weight excluding hydrogens is 308 g/mol. The maximum absolute atomic E-state index is 12.7. The second-order valence-corrected chi connectivity index (χ2v) is 7.53. The predicted molar refractivity (Wildman–Crippen MR) is 97.2 cm³/mol. The van der Waals surface area contributed by atoms with E-state index < -0.39 is 0 Å². The van der Waals surface area contributed by atoms with Crippen LogP contribution in [0.2, 0.25) is 0 Å². The minimum Gasteiger partial charge on any atom is -0.356 e. The molecule has 0 spiro atoms. The lowest BCUT2D eigenvalue weighted by Gasteiger charge is -2.22. The fraction of sp³-hybridized carbons (Fsp3) is 0.556. The van der Waals surface area contributed by atoms with E-state index in [0.29, 0.717) is 6.54 Å². The second kappa shape index (κ2) is 7.86. The molecule has 23 heavy (non-hydrogen) atoms. The lowest BCUT2D eigenvalue weighted by Crippen LogP contribution is -2.29. The van der Waals surface area contributed by atoms with E-state index in [1.54, 1.807) is 11.8 Å². The molecule has 2 amide bonds. The quantitative estimate of drug-likeness (QED) is 0.814. The third-order valence-corrected chi connectivity index (χ3v) is 5.44. The van der Waals surface area contributed by atoms with E-state index in [1.807, 2.05) is 4.90 Å². The van der Waals surface area contributed by atoms with Crippen LogP contribution in [0.25, 0.3) is 0 Å². The second-order valence-electron chi connectivity index (χ2n) is 6.22. The zero-order valence-corrected chi connectivity index (χ0v) is 15.3. The highest BCUT2D eigenvalue weighted by molar-refractivity contribution is 8.00. The molecule has 1 N–H and O–H groups in total. The monoisotopic (exact) mass is 334 g/mol. The van der Waals surface area contributed by atoms with Crippen molar-refractivity contribution in [2.24, 2.45) is 0 Å². The smallest absolute Gasteiger partial charge is 0.240 e. The minimum absolute atomic E-state index is 0.00318. The van der Waals surface area contributed by atoms with Crippen molar-refractivity contribution in [3.05, 3.63) is 28.8 Å². The van der Waals surface area contributed by atoms with Gasteiger partial charge in [-0.1, -0.05) is 17.7 Å². The van der Waals surface area contributed by atoms with Gasteiger partial charge in [-0.2, -0.15) is 0 Å². The standard InChI is InChI=1S/C18H26N2O2S/c1-12-10-13(2)17(14(3)11-12)20-8-6-16(18(20)22)23-9-5-7-19-15(4)21/h10-11,16H,5-9H2,1-4H3,(H,19,21)/t16-/m0/s1. The van der Waals surface area contributed by atoms with Crippen molar-refractivity contribution in [3.8, 4) is 0 Å². The third-order valence-electron chi connectivity index (χ3n) is 4.08. The Kier molecular flexibility index (Phi) is 6.10. The lowest BCUT2D eigenvalue weighted by atomic mass is 10.0. The Morgan fingerprint density at radius 1 is 1.30 bits per heavy atom. The Morgan fingerprint density at radius 2 is 1.96 bits per heavy atom. The molecule has 0 aromatic heterocycles. The highest BCUT2D eigenvalue weighted by atomic mass is 32.2. The zero-order chi connectivity index (χ0) is 17.0. The number of hydrogen-bond acceptors (Lipinski definition) is 3. The van der Waals surface area contributed by atoms with E-state index >= 15 is 0 Å². The number of aryl methyl sites for hydroxylation is 3. The average Bonchev–Trinajstić information content (AvgIpc) is 2.79. The van der Waals surface area contributed by atoms with Crippen LogP contribution in [0.4, 0.5) is 5.69 Å². The topological polar surface area (TPSA) is 49.4 Å². The summed E-state index contributed by atoms with van der Waals surface area (Å²) in [4.78, 5) is 25.5. The zero-order valence-electron chi connectivity index (χ0n) is 14.4. The molecule has 1 aliphatic rings. The number of benzene rings is 1. The summed E-state index contributed by atoms with van der Waals surface area (Å²) < 4.78 is 0. The number of rotatable bonds is 6. The van der Waals surface area contributed by atoms with Gasteiger partial charge in [0.1, 0.15) is 0 Å². The maximum Gasteiger partial charge on any atom is 0.240 e. The molecule has 126 valence electrons. The van der Waals surface area contributed by atoms with E-state index in [2.05, 4.69) is 38.2 Å². The van der Waals surface area contributed by atoms with Crippen molar-refractivity contribution in [2.45, 2.75) is 45.8 Å². The van der Waals surface area contributed by atoms with Gasteiger partial charge in [-0.15, -0.1) is 11.8 Å². The molecule has 2 rings (SSSR count). The van der Waals surface area contributed by atoms with Gasteiger partial charge in [0, 0.05) is 25.7 Å². The molecule has 1 aromatic rings. The van der Waals surface area contributed by atoms with Crippen LogP contribution in [0.15, 0.2) is 12.1 Å². The van der Waals surface area contributed by atoms with Gasteiger partial charge in [0.15, 0.2) is 0 Å². The van der Waals surface area contributed by atoms with E-state index in [1.165, 1.54) is 23.6 Å². The van der Waals surface area contributed by atoms with Crippen LogP contribution in [0.1, 0.15) is 36.5 Å². The van der Waals surface area contributed by atoms with E-state index in [0.717, 1.165) is 30.8 Å². The first-order chi connectivity index (χ1) is 10.9. The van der Waals surface area contributed by atoms with Gasteiger partial charge in [0.25, 0.3) is 0 Å². The summed E-state index contributed by atoms with van der Waals surface area (Å²) in [6.45, 7) is 9.25. The van der Waals surface area contributed by atoms with Gasteiger partial charge in [-0.25, -0.2) is 0 Å². The molecule has 1 atom stereocenters. The first-order valence-electron chi connectivity index (χ1n) is 8.15. The number of carbonyl (C=O) groups is 2. The van der Waals surface area contributed by atoms with Gasteiger partial charge in [0.2, 0.25) is 11.8 Å². The minimum atomic E-state index is 0.00318. The molecule has 0 aliphatic carbocycles. The molecule has 1 fully saturated rings. The summed E-state index contributed by atoms with van der Waals surface area (Å²) >= 11 is 1.71. The summed E-state index contributed by atoms with van der Waals surface area (Å²) in [5.41, 5.74) is 4.67. The Balaban J connectivity index is 1.93. The number of carbonyl (C=O) groups excluding carboxylic acids is 2.